The highest BCUT2D eigenvalue weighted by Crippen LogP contribution is 2.30. The van der Waals surface area contributed by atoms with Crippen LogP contribution in [0.1, 0.15) is 0 Å². The molecular formula is C6HCl2F4N. The maximum absolute atomic E-state index is 12.7. The van der Waals surface area contributed by atoms with Crippen LogP contribution in [-0.2, 0) is 0 Å². The highest BCUT2D eigenvalue weighted by atomic mass is 35.5. The van der Waals surface area contributed by atoms with Crippen molar-refractivity contribution in [3.8, 4) is 0 Å². The summed E-state index contributed by atoms with van der Waals surface area (Å²) in [6.07, 6.45) is 0. The summed E-state index contributed by atoms with van der Waals surface area (Å²) in [5.74, 6) is -6.44. The minimum atomic E-state index is -1.65. The lowest BCUT2D eigenvalue weighted by Crippen LogP contribution is -2.04. The van der Waals surface area contributed by atoms with Crippen LogP contribution < -0.4 is 3.94 Å². The Hall–Kier alpha value is -0.680. The Bertz CT molecular complexity index is 316. The molecule has 0 heterocycles. The van der Waals surface area contributed by atoms with Crippen molar-refractivity contribution in [3.05, 3.63) is 29.3 Å². The molecular weight excluding hydrogens is 233 g/mol. The Kier molecular flexibility index (Phi) is 2.87. The molecule has 72 valence electrons. The van der Waals surface area contributed by atoms with Gasteiger partial charge in [0.05, 0.1) is 0 Å². The Balaban J connectivity index is 3.46. The molecule has 0 radical (unpaired) electrons. The van der Waals surface area contributed by atoms with Gasteiger partial charge < -0.3 is 0 Å². The second-order valence-corrected chi connectivity index (χ2v) is 2.90. The SMILES string of the molecule is Fc1cc(F)c(F)c(N(Cl)Cl)c1F. The topological polar surface area (TPSA) is 3.24 Å². The predicted octanol–water partition coefficient (Wildman–Crippen LogP) is 3.36. The van der Waals surface area contributed by atoms with E-state index in [1.54, 1.807) is 0 Å². The molecule has 0 unspecified atom stereocenters. The van der Waals surface area contributed by atoms with Crippen LogP contribution in [0.5, 0.6) is 0 Å². The molecule has 0 atom stereocenters. The van der Waals surface area contributed by atoms with E-state index in [-0.39, 0.29) is 10.0 Å². The molecule has 1 aromatic rings. The molecule has 13 heavy (non-hydrogen) atoms. The van der Waals surface area contributed by atoms with Gasteiger partial charge in [-0.05, 0) is 0 Å². The number of halogens is 6. The maximum Gasteiger partial charge on any atom is 0.188 e. The summed E-state index contributed by atoms with van der Waals surface area (Å²) in [6.45, 7) is 0. The van der Waals surface area contributed by atoms with E-state index in [1.807, 2.05) is 0 Å². The summed E-state index contributed by atoms with van der Waals surface area (Å²) < 4.78 is 50.2. The zero-order valence-corrected chi connectivity index (χ0v) is 7.30. The monoisotopic (exact) mass is 233 g/mol. The molecule has 0 saturated carbocycles. The average Bonchev–Trinajstić information content (AvgIpc) is 2.01. The van der Waals surface area contributed by atoms with Crippen LogP contribution in [-0.4, -0.2) is 0 Å². The number of nitrogens with zero attached hydrogens (tertiary/aromatic N) is 1. The maximum atomic E-state index is 12.7. The van der Waals surface area contributed by atoms with Gasteiger partial charge in [0.15, 0.2) is 23.3 Å². The number of anilines is 1. The van der Waals surface area contributed by atoms with Gasteiger partial charge in [-0.1, -0.05) is 0 Å². The van der Waals surface area contributed by atoms with Crippen LogP contribution in [0.15, 0.2) is 6.07 Å². The van der Waals surface area contributed by atoms with Crippen molar-refractivity contribution in [2.45, 2.75) is 0 Å². The second kappa shape index (κ2) is 3.59. The Morgan fingerprint density at radius 2 is 1.31 bits per heavy atom. The van der Waals surface area contributed by atoms with Crippen molar-refractivity contribution in [2.24, 2.45) is 0 Å². The highest BCUT2D eigenvalue weighted by molar-refractivity contribution is 6.49. The molecule has 0 aromatic heterocycles. The van der Waals surface area contributed by atoms with Gasteiger partial charge in [0, 0.05) is 29.6 Å². The first-order valence-corrected chi connectivity index (χ1v) is 3.57. The molecule has 0 fully saturated rings. The number of hydrogen-bond acceptors (Lipinski definition) is 1. The molecule has 0 spiro atoms. The largest absolute Gasteiger partial charge is 0.204 e. The molecule has 0 N–H and O–H groups in total. The first-order chi connectivity index (χ1) is 5.95. The number of rotatable bonds is 1. The summed E-state index contributed by atoms with van der Waals surface area (Å²) in [5, 5.41) is 0. The number of hydrogen-bond donors (Lipinski definition) is 0. The van der Waals surface area contributed by atoms with Gasteiger partial charge >= 0.3 is 0 Å². The molecule has 0 aliphatic rings. The van der Waals surface area contributed by atoms with E-state index in [2.05, 4.69) is 0 Å². The first-order valence-electron chi connectivity index (χ1n) is 2.89. The van der Waals surface area contributed by atoms with Crippen LogP contribution in [0.25, 0.3) is 0 Å². The van der Waals surface area contributed by atoms with Crippen molar-refractivity contribution in [2.75, 3.05) is 3.94 Å². The predicted molar refractivity (Wildman–Crippen MR) is 40.5 cm³/mol. The summed E-state index contributed by atoms with van der Waals surface area (Å²) in [7, 11) is 0. The molecule has 0 saturated heterocycles. The van der Waals surface area contributed by atoms with Crippen LogP contribution in [0, 0.1) is 23.3 Å². The molecule has 0 amide bonds. The van der Waals surface area contributed by atoms with Gasteiger partial charge in [0.25, 0.3) is 0 Å². The fraction of sp³-hybridized carbons (Fsp3) is 0. The lowest BCUT2D eigenvalue weighted by molar-refractivity contribution is 0.458. The molecule has 1 rings (SSSR count). The minimum absolute atomic E-state index is 0.0610. The summed E-state index contributed by atoms with van der Waals surface area (Å²) >= 11 is 9.89. The van der Waals surface area contributed by atoms with Crippen LogP contribution in [0.2, 0.25) is 0 Å². The standard InChI is InChI=1S/C6HCl2F4N/c7-13(8)6-4(11)2(9)1-3(10)5(6)12/h1H. The Morgan fingerprint density at radius 3 is 1.62 bits per heavy atom. The summed E-state index contributed by atoms with van der Waals surface area (Å²) in [6, 6.07) is 0.0610. The molecule has 7 heteroatoms. The van der Waals surface area contributed by atoms with E-state index in [0.29, 0.717) is 0 Å². The molecule has 1 nitrogen and oxygen atoms in total. The average molecular weight is 234 g/mol. The highest BCUT2D eigenvalue weighted by Gasteiger charge is 2.22. The van der Waals surface area contributed by atoms with Gasteiger partial charge in [-0.25, -0.2) is 17.6 Å². The minimum Gasteiger partial charge on any atom is -0.204 e. The van der Waals surface area contributed by atoms with E-state index in [4.69, 9.17) is 23.6 Å². The third-order valence-corrected chi connectivity index (χ3v) is 1.60. The number of benzene rings is 1. The first kappa shape index (κ1) is 10.4. The lowest BCUT2D eigenvalue weighted by Gasteiger charge is -2.08. The normalized spacial score (nSPS) is 10.3. The van der Waals surface area contributed by atoms with Gasteiger partial charge in [0.2, 0.25) is 0 Å². The van der Waals surface area contributed by atoms with Gasteiger partial charge in [0.1, 0.15) is 5.69 Å². The fourth-order valence-electron chi connectivity index (χ4n) is 0.709. The van der Waals surface area contributed by atoms with E-state index < -0.39 is 29.0 Å². The fourth-order valence-corrected chi connectivity index (χ4v) is 1.01. The summed E-state index contributed by atoms with van der Waals surface area (Å²) in [5.41, 5.74) is -1.18. The van der Waals surface area contributed by atoms with Gasteiger partial charge in [-0.2, -0.15) is 3.94 Å². The Labute approximate surface area is 80.7 Å². The van der Waals surface area contributed by atoms with Gasteiger partial charge in [-0.15, -0.1) is 0 Å². The van der Waals surface area contributed by atoms with Crippen LogP contribution >= 0.6 is 23.6 Å². The van der Waals surface area contributed by atoms with Crippen molar-refractivity contribution in [1.29, 1.82) is 0 Å². The van der Waals surface area contributed by atoms with Gasteiger partial charge in [-0.3, -0.25) is 0 Å². The molecule has 0 aliphatic heterocycles. The van der Waals surface area contributed by atoms with E-state index in [1.165, 1.54) is 0 Å². The van der Waals surface area contributed by atoms with E-state index in [0.717, 1.165) is 0 Å². The zero-order valence-electron chi connectivity index (χ0n) is 5.79. The molecule has 0 aliphatic carbocycles. The van der Waals surface area contributed by atoms with Crippen LogP contribution in [0.4, 0.5) is 23.2 Å². The van der Waals surface area contributed by atoms with Crippen molar-refractivity contribution < 1.29 is 17.6 Å². The third kappa shape index (κ3) is 1.81. The lowest BCUT2D eigenvalue weighted by atomic mass is 10.3. The molecule has 1 aromatic carbocycles. The van der Waals surface area contributed by atoms with E-state index in [9.17, 15) is 17.6 Å². The van der Waals surface area contributed by atoms with Crippen molar-refractivity contribution in [3.63, 3.8) is 0 Å². The Morgan fingerprint density at radius 1 is 0.923 bits per heavy atom. The van der Waals surface area contributed by atoms with Crippen LogP contribution in [0.3, 0.4) is 0 Å². The second-order valence-electron chi connectivity index (χ2n) is 2.05. The molecule has 0 bridgehead atoms. The quantitative estimate of drug-likeness (QED) is 0.409. The van der Waals surface area contributed by atoms with Crippen molar-refractivity contribution >= 4 is 29.2 Å². The summed E-state index contributed by atoms with van der Waals surface area (Å²) in [4.78, 5) is 0. The zero-order chi connectivity index (χ0) is 10.2. The van der Waals surface area contributed by atoms with Crippen molar-refractivity contribution in [1.82, 2.24) is 0 Å². The third-order valence-electron chi connectivity index (χ3n) is 1.26. The smallest absolute Gasteiger partial charge is 0.188 e. The van der Waals surface area contributed by atoms with E-state index >= 15 is 0 Å².